The molecule has 0 aliphatic heterocycles. The van der Waals surface area contributed by atoms with E-state index in [4.69, 9.17) is 4.42 Å². The third-order valence-electron chi connectivity index (χ3n) is 12.7. The summed E-state index contributed by atoms with van der Waals surface area (Å²) in [7, 11) is 0. The van der Waals surface area contributed by atoms with Crippen LogP contribution in [0.2, 0.25) is 0 Å². The van der Waals surface area contributed by atoms with Gasteiger partial charge < -0.3 is 9.32 Å². The van der Waals surface area contributed by atoms with Crippen molar-refractivity contribution >= 4 is 75.5 Å². The SMILES string of the molecule is C1=CCCC(N(c2ccc(-c3ccc4c(c3)sc3ccccc34)cc2)C2C=CC(c3cccc4c3oc3c5ccccc5c(-c5cccc(-c6ccccc6)c5)cc43)=CC2)=C1. The van der Waals surface area contributed by atoms with E-state index in [1.165, 1.54) is 75.9 Å². The zero-order chi connectivity index (χ0) is 40.3. The number of benzene rings is 8. The van der Waals surface area contributed by atoms with Gasteiger partial charge in [0.15, 0.2) is 0 Å². The first-order chi connectivity index (χ1) is 30.2. The Bertz CT molecular complexity index is 3450. The smallest absolute Gasteiger partial charge is 0.143 e. The number of thiophene rings is 1. The Morgan fingerprint density at radius 1 is 0.508 bits per heavy atom. The molecule has 2 nitrogen and oxygen atoms in total. The molecule has 3 heteroatoms. The number of anilines is 1. The van der Waals surface area contributed by atoms with E-state index in [1.54, 1.807) is 0 Å². The summed E-state index contributed by atoms with van der Waals surface area (Å²) in [5, 5.41) is 7.28. The molecule has 1 unspecified atom stereocenters. The molecule has 0 radical (unpaired) electrons. The number of fused-ring (bicyclic) bond motifs is 8. The largest absolute Gasteiger partial charge is 0.455 e. The van der Waals surface area contributed by atoms with Crippen LogP contribution in [-0.4, -0.2) is 6.04 Å². The second kappa shape index (κ2) is 14.8. The van der Waals surface area contributed by atoms with E-state index in [0.717, 1.165) is 52.2 Å². The van der Waals surface area contributed by atoms with E-state index in [2.05, 4.69) is 211 Å². The lowest BCUT2D eigenvalue weighted by Crippen LogP contribution is -2.34. The van der Waals surface area contributed by atoms with Crippen molar-refractivity contribution in [3.05, 3.63) is 218 Å². The minimum absolute atomic E-state index is 0.190. The Balaban J connectivity index is 0.880. The van der Waals surface area contributed by atoms with Crippen LogP contribution in [0.1, 0.15) is 24.8 Å². The van der Waals surface area contributed by atoms with Gasteiger partial charge in [-0.05, 0) is 106 Å². The Kier molecular flexibility index (Phi) is 8.67. The summed E-state index contributed by atoms with van der Waals surface area (Å²) in [6, 6.07) is 62.2. The number of para-hydroxylation sites is 1. The number of allylic oxidation sites excluding steroid dienone is 6. The maximum atomic E-state index is 6.96. The molecular weight excluding hydrogens is 759 g/mol. The quantitative estimate of drug-likeness (QED) is 0.160. The van der Waals surface area contributed by atoms with Crippen LogP contribution in [0.25, 0.3) is 91.8 Å². The van der Waals surface area contributed by atoms with Gasteiger partial charge in [0.25, 0.3) is 0 Å². The summed E-state index contributed by atoms with van der Waals surface area (Å²) < 4.78 is 9.63. The number of rotatable bonds is 7. The molecule has 0 bridgehead atoms. The molecule has 12 rings (SSSR count). The highest BCUT2D eigenvalue weighted by Crippen LogP contribution is 2.43. The third-order valence-corrected chi connectivity index (χ3v) is 13.8. The lowest BCUT2D eigenvalue weighted by Gasteiger charge is -2.36. The van der Waals surface area contributed by atoms with Gasteiger partial charge >= 0.3 is 0 Å². The molecule has 290 valence electrons. The van der Waals surface area contributed by atoms with Crippen LogP contribution < -0.4 is 4.90 Å². The molecule has 8 aromatic carbocycles. The molecule has 0 saturated heterocycles. The number of furan rings is 1. The summed E-state index contributed by atoms with van der Waals surface area (Å²) in [4.78, 5) is 2.55. The van der Waals surface area contributed by atoms with E-state index in [-0.39, 0.29) is 6.04 Å². The Morgan fingerprint density at radius 2 is 1.20 bits per heavy atom. The van der Waals surface area contributed by atoms with Crippen LogP contribution in [0.5, 0.6) is 0 Å². The molecule has 0 fully saturated rings. The van der Waals surface area contributed by atoms with E-state index in [0.29, 0.717) is 0 Å². The van der Waals surface area contributed by atoms with Gasteiger partial charge in [0.1, 0.15) is 11.2 Å². The van der Waals surface area contributed by atoms with Gasteiger partial charge in [-0.2, -0.15) is 0 Å². The van der Waals surface area contributed by atoms with E-state index in [1.807, 2.05) is 11.3 Å². The lowest BCUT2D eigenvalue weighted by atomic mass is 9.92. The van der Waals surface area contributed by atoms with E-state index < -0.39 is 0 Å². The zero-order valence-electron chi connectivity index (χ0n) is 33.6. The van der Waals surface area contributed by atoms with E-state index >= 15 is 0 Å². The molecule has 2 aliphatic rings. The number of hydrogen-bond donors (Lipinski definition) is 0. The maximum Gasteiger partial charge on any atom is 0.143 e. The minimum Gasteiger partial charge on any atom is -0.455 e. The van der Waals surface area contributed by atoms with Crippen LogP contribution in [-0.2, 0) is 0 Å². The van der Waals surface area contributed by atoms with Crippen molar-refractivity contribution in [2.75, 3.05) is 4.90 Å². The highest BCUT2D eigenvalue weighted by molar-refractivity contribution is 7.25. The Labute approximate surface area is 359 Å². The molecule has 0 saturated carbocycles. The van der Waals surface area contributed by atoms with Crippen LogP contribution in [0.15, 0.2) is 216 Å². The third kappa shape index (κ3) is 6.24. The van der Waals surface area contributed by atoms with Crippen molar-refractivity contribution in [3.63, 3.8) is 0 Å². The number of hydrogen-bond acceptors (Lipinski definition) is 3. The van der Waals surface area contributed by atoms with Crippen LogP contribution in [0, 0.1) is 0 Å². The van der Waals surface area contributed by atoms with Gasteiger partial charge in [-0.3, -0.25) is 0 Å². The fourth-order valence-electron chi connectivity index (χ4n) is 9.66. The second-order valence-corrected chi connectivity index (χ2v) is 17.3. The van der Waals surface area contributed by atoms with Gasteiger partial charge in [-0.25, -0.2) is 0 Å². The van der Waals surface area contributed by atoms with Crippen molar-refractivity contribution in [3.8, 4) is 33.4 Å². The maximum absolute atomic E-state index is 6.96. The standard InChI is InChI=1S/C58H41NOS/c1-3-13-38(14-4-1)41-15-11-16-43(35-41)53-37-54-52-23-12-22-47(57(52)60-58(54)51-21-8-7-19-48(51)53)40-27-32-46(33-28-40)59(44-17-5-2-6-18-44)45-30-25-39(26-31-45)42-29-34-50-49-20-9-10-24-55(49)61-56(50)36-42/h1-5,7-17,19-32,34-37,46H,6,18,33H2. The van der Waals surface area contributed by atoms with Crippen LogP contribution >= 0.6 is 11.3 Å². The fourth-order valence-corrected chi connectivity index (χ4v) is 10.8. The molecular formula is C58H41NOS. The molecule has 0 spiro atoms. The second-order valence-electron chi connectivity index (χ2n) is 16.3. The fraction of sp³-hybridized carbons (Fsp3) is 0.0690. The molecule has 2 heterocycles. The van der Waals surface area contributed by atoms with Gasteiger partial charge in [-0.1, -0.05) is 164 Å². The average molecular weight is 800 g/mol. The first kappa shape index (κ1) is 35.7. The van der Waals surface area contributed by atoms with Crippen molar-refractivity contribution in [1.29, 1.82) is 0 Å². The topological polar surface area (TPSA) is 16.4 Å². The summed E-state index contributed by atoms with van der Waals surface area (Å²) in [6.45, 7) is 0. The molecule has 2 aliphatic carbocycles. The number of nitrogens with zero attached hydrogens (tertiary/aromatic N) is 1. The normalized spacial score (nSPS) is 15.2. The van der Waals surface area contributed by atoms with Crippen molar-refractivity contribution in [2.45, 2.75) is 25.3 Å². The monoisotopic (exact) mass is 799 g/mol. The first-order valence-electron chi connectivity index (χ1n) is 21.3. The van der Waals surface area contributed by atoms with Crippen LogP contribution in [0.3, 0.4) is 0 Å². The van der Waals surface area contributed by atoms with Crippen molar-refractivity contribution in [2.24, 2.45) is 0 Å². The van der Waals surface area contributed by atoms with Crippen molar-refractivity contribution < 1.29 is 4.42 Å². The molecule has 10 aromatic rings. The summed E-state index contributed by atoms with van der Waals surface area (Å²) in [5.41, 5.74) is 14.1. The molecule has 1 atom stereocenters. The lowest BCUT2D eigenvalue weighted by molar-refractivity contribution is 0.671. The molecule has 61 heavy (non-hydrogen) atoms. The van der Waals surface area contributed by atoms with Crippen LogP contribution in [0.4, 0.5) is 5.69 Å². The Hall–Kier alpha value is -7.20. The van der Waals surface area contributed by atoms with Gasteiger partial charge in [0, 0.05) is 53.3 Å². The zero-order valence-corrected chi connectivity index (χ0v) is 34.4. The highest BCUT2D eigenvalue weighted by Gasteiger charge is 2.24. The summed E-state index contributed by atoms with van der Waals surface area (Å²) >= 11 is 1.87. The molecule has 0 amide bonds. The van der Waals surface area contributed by atoms with Gasteiger partial charge in [0.2, 0.25) is 0 Å². The summed E-state index contributed by atoms with van der Waals surface area (Å²) in [5.74, 6) is 0. The van der Waals surface area contributed by atoms with Crippen molar-refractivity contribution in [1.82, 2.24) is 0 Å². The highest BCUT2D eigenvalue weighted by atomic mass is 32.1. The Morgan fingerprint density at radius 3 is 2.03 bits per heavy atom. The van der Waals surface area contributed by atoms with E-state index in [9.17, 15) is 0 Å². The van der Waals surface area contributed by atoms with Gasteiger partial charge in [0.05, 0.1) is 6.04 Å². The van der Waals surface area contributed by atoms with Gasteiger partial charge in [-0.15, -0.1) is 11.3 Å². The first-order valence-corrected chi connectivity index (χ1v) is 22.1. The predicted octanol–water partition coefficient (Wildman–Crippen LogP) is 16.6. The summed E-state index contributed by atoms with van der Waals surface area (Å²) in [6.07, 6.45) is 16.9. The predicted molar refractivity (Wildman–Crippen MR) is 261 cm³/mol. The minimum atomic E-state index is 0.190. The molecule has 0 N–H and O–H groups in total. The average Bonchev–Trinajstić information content (AvgIpc) is 3.91. The molecule has 2 aromatic heterocycles.